The first kappa shape index (κ1) is 15.4. The Kier molecular flexibility index (Phi) is 7.88. The van der Waals surface area contributed by atoms with E-state index in [1.807, 2.05) is 20.8 Å². The summed E-state index contributed by atoms with van der Waals surface area (Å²) in [5.74, 6) is 0.464. The van der Waals surface area contributed by atoms with Gasteiger partial charge < -0.3 is 9.47 Å². The fourth-order valence-electron chi connectivity index (χ4n) is 1.03. The van der Waals surface area contributed by atoms with Gasteiger partial charge in [0.25, 0.3) is 5.95 Å². The van der Waals surface area contributed by atoms with Crippen molar-refractivity contribution >= 4 is 39.2 Å². The first-order chi connectivity index (χ1) is 6.95. The molecule has 0 rings (SSSR count). The minimum Gasteiger partial charge on any atom is -0.466 e. The summed E-state index contributed by atoms with van der Waals surface area (Å²) in [5, 5.41) is 0. The second-order valence-corrected chi connectivity index (χ2v) is 11.8. The van der Waals surface area contributed by atoms with Crippen molar-refractivity contribution in [3.63, 3.8) is 0 Å². The zero-order valence-electron chi connectivity index (χ0n) is 9.23. The lowest BCUT2D eigenvalue weighted by molar-refractivity contribution is 0.0454. The number of rotatable bonds is 7. The molecule has 0 fully saturated rings. The Balaban J connectivity index is 4.59. The molecule has 2 nitrogen and oxygen atoms in total. The van der Waals surface area contributed by atoms with Gasteiger partial charge in [-0.1, -0.05) is 6.92 Å². The second-order valence-electron chi connectivity index (χ2n) is 2.91. The van der Waals surface area contributed by atoms with E-state index in [1.54, 1.807) is 6.08 Å². The molecule has 0 spiro atoms. The predicted octanol–water partition coefficient (Wildman–Crippen LogP) is 4.34. The van der Waals surface area contributed by atoms with Gasteiger partial charge in [0.2, 0.25) is 0 Å². The Labute approximate surface area is 107 Å². The molecular formula is C9H17Cl3O2Si. The van der Waals surface area contributed by atoms with Crippen molar-refractivity contribution < 1.29 is 9.47 Å². The van der Waals surface area contributed by atoms with Gasteiger partial charge in [0.15, 0.2) is 0 Å². The Bertz CT molecular complexity index is 196. The molecule has 0 aromatic heterocycles. The van der Waals surface area contributed by atoms with Gasteiger partial charge in [-0.2, -0.15) is 0 Å². The van der Waals surface area contributed by atoms with Gasteiger partial charge in [0, 0.05) is 11.6 Å². The molecule has 0 amide bonds. The van der Waals surface area contributed by atoms with E-state index in [0.29, 0.717) is 19.2 Å². The highest BCUT2D eigenvalue weighted by Gasteiger charge is 2.34. The Morgan fingerprint density at radius 2 is 1.60 bits per heavy atom. The van der Waals surface area contributed by atoms with Gasteiger partial charge in [-0.25, -0.2) is 0 Å². The monoisotopic (exact) mass is 290 g/mol. The van der Waals surface area contributed by atoms with Crippen LogP contribution in [0.15, 0.2) is 12.0 Å². The quantitative estimate of drug-likeness (QED) is 0.395. The molecule has 0 saturated carbocycles. The average molecular weight is 292 g/mol. The van der Waals surface area contributed by atoms with Crippen LogP contribution in [0.3, 0.4) is 0 Å². The number of allylic oxidation sites excluding steroid dienone is 1. The number of hydrogen-bond donors (Lipinski definition) is 0. The summed E-state index contributed by atoms with van der Waals surface area (Å²) in [6, 6.07) is -2.73. The van der Waals surface area contributed by atoms with Gasteiger partial charge in [-0.3, -0.25) is 0 Å². The molecule has 0 bridgehead atoms. The third kappa shape index (κ3) is 6.56. The summed E-state index contributed by atoms with van der Waals surface area (Å²) < 4.78 is 10.6. The van der Waals surface area contributed by atoms with E-state index in [9.17, 15) is 0 Å². The van der Waals surface area contributed by atoms with Crippen molar-refractivity contribution in [3.05, 3.63) is 12.0 Å². The largest absolute Gasteiger partial charge is 0.466 e. The lowest BCUT2D eigenvalue weighted by Gasteiger charge is -2.18. The Hall–Kier alpha value is 0.427. The van der Waals surface area contributed by atoms with E-state index in [1.165, 1.54) is 0 Å². The average Bonchev–Trinajstić information content (AvgIpc) is 2.12. The van der Waals surface area contributed by atoms with Crippen LogP contribution in [0.4, 0.5) is 0 Å². The highest BCUT2D eigenvalue weighted by Crippen LogP contribution is 2.38. The van der Waals surface area contributed by atoms with E-state index < -0.39 is 6.00 Å². The smallest absolute Gasteiger partial charge is 0.348 e. The van der Waals surface area contributed by atoms with Crippen molar-refractivity contribution in [2.45, 2.75) is 32.7 Å². The molecular weight excluding hydrogens is 275 g/mol. The lowest BCUT2D eigenvalue weighted by Crippen LogP contribution is -2.18. The summed E-state index contributed by atoms with van der Waals surface area (Å²) in [4.78, 5) is 0. The topological polar surface area (TPSA) is 18.5 Å². The molecule has 0 aromatic carbocycles. The van der Waals surface area contributed by atoms with Gasteiger partial charge >= 0.3 is 6.00 Å². The minimum atomic E-state index is -2.73. The summed E-state index contributed by atoms with van der Waals surface area (Å²) in [6.45, 7) is 6.85. The lowest BCUT2D eigenvalue weighted by atomic mass is 10.3. The molecule has 1 atom stereocenters. The summed E-state index contributed by atoms with van der Waals surface area (Å²) in [7, 11) is 0. The van der Waals surface area contributed by atoms with Crippen LogP contribution in [-0.2, 0) is 9.47 Å². The standard InChI is InChI=1S/C9H17Cl3O2Si/c1-4-8(15(10,11)12)7-9(13-5-2)14-6-3/h7-8H,4-6H2,1-3H3. The second kappa shape index (κ2) is 7.66. The van der Waals surface area contributed by atoms with E-state index >= 15 is 0 Å². The third-order valence-electron chi connectivity index (χ3n) is 1.77. The van der Waals surface area contributed by atoms with E-state index in [4.69, 9.17) is 42.7 Å². The third-order valence-corrected chi connectivity index (χ3v) is 5.71. The first-order valence-corrected chi connectivity index (χ1v) is 10.1. The minimum absolute atomic E-state index is 0.0735. The molecule has 0 aromatic rings. The summed E-state index contributed by atoms with van der Waals surface area (Å²) >= 11 is 17.9. The van der Waals surface area contributed by atoms with E-state index in [0.717, 1.165) is 6.42 Å². The SMILES string of the molecule is CCOC(=CC(CC)[Si](Cl)(Cl)Cl)OCC. The fraction of sp³-hybridized carbons (Fsp3) is 0.778. The van der Waals surface area contributed by atoms with Crippen molar-refractivity contribution in [1.82, 2.24) is 0 Å². The van der Waals surface area contributed by atoms with Gasteiger partial charge in [-0.15, -0.1) is 33.2 Å². The fourth-order valence-corrected chi connectivity index (χ4v) is 3.77. The molecule has 0 N–H and O–H groups in total. The van der Waals surface area contributed by atoms with Crippen LogP contribution in [-0.4, -0.2) is 19.2 Å². The highest BCUT2D eigenvalue weighted by atomic mass is 35.8. The normalized spacial score (nSPS) is 13.2. The van der Waals surface area contributed by atoms with Crippen molar-refractivity contribution in [3.8, 4) is 0 Å². The molecule has 1 unspecified atom stereocenters. The summed E-state index contributed by atoms with van der Waals surface area (Å²) in [6.07, 6.45) is 2.55. The van der Waals surface area contributed by atoms with Crippen LogP contribution in [0, 0.1) is 0 Å². The van der Waals surface area contributed by atoms with Crippen molar-refractivity contribution in [2.24, 2.45) is 0 Å². The van der Waals surface area contributed by atoms with Gasteiger partial charge in [0.05, 0.1) is 13.2 Å². The Morgan fingerprint density at radius 3 is 1.87 bits per heavy atom. The van der Waals surface area contributed by atoms with E-state index in [-0.39, 0.29) is 5.54 Å². The van der Waals surface area contributed by atoms with Crippen molar-refractivity contribution in [2.75, 3.05) is 13.2 Å². The zero-order valence-corrected chi connectivity index (χ0v) is 12.5. The van der Waals surface area contributed by atoms with Crippen LogP contribution in [0.2, 0.25) is 5.54 Å². The number of ether oxygens (including phenoxy) is 2. The Morgan fingerprint density at radius 1 is 1.13 bits per heavy atom. The molecule has 0 radical (unpaired) electrons. The maximum Gasteiger partial charge on any atom is 0.348 e. The van der Waals surface area contributed by atoms with E-state index in [2.05, 4.69) is 0 Å². The number of halogens is 3. The molecule has 0 aliphatic rings. The summed E-state index contributed by atoms with van der Waals surface area (Å²) in [5.41, 5.74) is -0.0735. The number of hydrogen-bond acceptors (Lipinski definition) is 2. The molecule has 15 heavy (non-hydrogen) atoms. The van der Waals surface area contributed by atoms with Crippen LogP contribution < -0.4 is 0 Å². The molecule has 0 saturated heterocycles. The predicted molar refractivity (Wildman–Crippen MR) is 68.7 cm³/mol. The van der Waals surface area contributed by atoms with Crippen LogP contribution in [0.25, 0.3) is 0 Å². The molecule has 0 heterocycles. The molecule has 0 aliphatic carbocycles. The maximum atomic E-state index is 5.96. The highest BCUT2D eigenvalue weighted by molar-refractivity contribution is 7.65. The zero-order chi connectivity index (χ0) is 11.9. The van der Waals surface area contributed by atoms with Crippen LogP contribution in [0.5, 0.6) is 0 Å². The van der Waals surface area contributed by atoms with Gasteiger partial charge in [-0.05, 0) is 20.3 Å². The molecule has 6 heteroatoms. The maximum absolute atomic E-state index is 5.96. The molecule has 90 valence electrons. The van der Waals surface area contributed by atoms with Gasteiger partial charge in [0.1, 0.15) is 0 Å². The van der Waals surface area contributed by atoms with Crippen molar-refractivity contribution in [1.29, 1.82) is 0 Å². The van der Waals surface area contributed by atoms with Crippen LogP contribution >= 0.6 is 33.2 Å². The van der Waals surface area contributed by atoms with Crippen LogP contribution in [0.1, 0.15) is 27.2 Å². The first-order valence-electron chi connectivity index (χ1n) is 4.99. The molecule has 0 aliphatic heterocycles.